The van der Waals surface area contributed by atoms with Gasteiger partial charge in [-0.2, -0.15) is 5.10 Å². The summed E-state index contributed by atoms with van der Waals surface area (Å²) in [5.41, 5.74) is 5.23. The lowest BCUT2D eigenvalue weighted by Gasteiger charge is -2.25. The Morgan fingerprint density at radius 3 is 2.09 bits per heavy atom. The smallest absolute Gasteiger partial charge is 0.0846 e. The molecule has 1 heterocycles. The highest BCUT2D eigenvalue weighted by atomic mass is 15.3. The Labute approximate surface area is 141 Å². The van der Waals surface area contributed by atoms with Crippen molar-refractivity contribution in [2.24, 2.45) is 7.05 Å². The molecule has 1 aromatic carbocycles. The van der Waals surface area contributed by atoms with Gasteiger partial charge in [-0.3, -0.25) is 4.68 Å². The summed E-state index contributed by atoms with van der Waals surface area (Å²) in [4.78, 5) is 0. The molecule has 1 atom stereocenters. The van der Waals surface area contributed by atoms with Crippen LogP contribution in [0.25, 0.3) is 0 Å². The molecule has 0 saturated carbocycles. The molecule has 2 aromatic rings. The van der Waals surface area contributed by atoms with Crippen molar-refractivity contribution >= 4 is 5.69 Å². The molecular formula is C20H31N3. The normalized spacial score (nSPS) is 12.9. The molecule has 2 rings (SSSR count). The highest BCUT2D eigenvalue weighted by Gasteiger charge is 2.19. The van der Waals surface area contributed by atoms with E-state index in [9.17, 15) is 0 Å². The Morgan fingerprint density at radius 2 is 1.65 bits per heavy atom. The Balaban J connectivity index is 2.42. The molecule has 0 aliphatic heterocycles. The van der Waals surface area contributed by atoms with E-state index in [0.29, 0.717) is 11.8 Å². The monoisotopic (exact) mass is 313 g/mol. The van der Waals surface area contributed by atoms with E-state index in [1.165, 1.54) is 16.8 Å². The van der Waals surface area contributed by atoms with Crippen molar-refractivity contribution in [2.45, 2.75) is 65.3 Å². The van der Waals surface area contributed by atoms with Crippen molar-refractivity contribution in [1.82, 2.24) is 9.78 Å². The number of aromatic nitrogens is 2. The molecule has 0 aliphatic carbocycles. The minimum Gasteiger partial charge on any atom is -0.376 e. The van der Waals surface area contributed by atoms with Crippen molar-refractivity contribution in [3.8, 4) is 0 Å². The first-order chi connectivity index (χ1) is 10.9. The number of anilines is 1. The van der Waals surface area contributed by atoms with Crippen LogP contribution in [0, 0.1) is 0 Å². The summed E-state index contributed by atoms with van der Waals surface area (Å²) >= 11 is 0. The highest BCUT2D eigenvalue weighted by molar-refractivity contribution is 5.61. The zero-order valence-electron chi connectivity index (χ0n) is 15.4. The van der Waals surface area contributed by atoms with Crippen molar-refractivity contribution in [2.75, 3.05) is 5.32 Å². The van der Waals surface area contributed by atoms with E-state index in [4.69, 9.17) is 0 Å². The molecule has 0 saturated heterocycles. The second-order valence-electron chi connectivity index (χ2n) is 7.02. The number of hydrogen-bond donors (Lipinski definition) is 1. The van der Waals surface area contributed by atoms with Crippen LogP contribution in [0.1, 0.15) is 82.2 Å². The minimum atomic E-state index is 0.263. The summed E-state index contributed by atoms with van der Waals surface area (Å²) in [6, 6.07) is 9.07. The lowest BCUT2D eigenvalue weighted by Crippen LogP contribution is -2.15. The van der Waals surface area contributed by atoms with E-state index in [1.807, 2.05) is 17.9 Å². The zero-order valence-corrected chi connectivity index (χ0v) is 15.4. The second-order valence-corrected chi connectivity index (χ2v) is 7.02. The van der Waals surface area contributed by atoms with Gasteiger partial charge in [-0.1, -0.05) is 59.2 Å². The second kappa shape index (κ2) is 7.67. The molecule has 0 radical (unpaired) electrons. The maximum Gasteiger partial charge on any atom is 0.0846 e. The van der Waals surface area contributed by atoms with E-state index in [0.717, 1.165) is 18.5 Å². The maximum absolute atomic E-state index is 4.63. The summed E-state index contributed by atoms with van der Waals surface area (Å²) < 4.78 is 1.89. The molecule has 0 fully saturated rings. The molecule has 0 aliphatic rings. The summed E-state index contributed by atoms with van der Waals surface area (Å²) in [5, 5.41) is 8.46. The number of nitrogens with one attached hydrogen (secondary N) is 1. The SMILES string of the molecule is CCCC(Nc1c(C(C)C)cccc1C(C)C)c1ccn(C)n1. The number of benzene rings is 1. The standard InChI is InChI=1S/C20H31N3/c1-7-9-18(19-12-13-23(6)22-19)21-20-16(14(2)3)10-8-11-17(20)15(4)5/h8,10-15,18,21H,7,9H2,1-6H3. The third kappa shape index (κ3) is 4.15. The first-order valence-electron chi connectivity index (χ1n) is 8.82. The summed E-state index contributed by atoms with van der Waals surface area (Å²) in [7, 11) is 1.98. The van der Waals surface area contributed by atoms with Gasteiger partial charge in [0.25, 0.3) is 0 Å². The quantitative estimate of drug-likeness (QED) is 0.719. The molecule has 23 heavy (non-hydrogen) atoms. The topological polar surface area (TPSA) is 29.9 Å². The van der Waals surface area contributed by atoms with Crippen LogP contribution in [0.15, 0.2) is 30.5 Å². The Hall–Kier alpha value is -1.77. The van der Waals surface area contributed by atoms with E-state index >= 15 is 0 Å². The van der Waals surface area contributed by atoms with Gasteiger partial charge < -0.3 is 5.32 Å². The van der Waals surface area contributed by atoms with Gasteiger partial charge in [-0.15, -0.1) is 0 Å². The fraction of sp³-hybridized carbons (Fsp3) is 0.550. The van der Waals surface area contributed by atoms with Crippen LogP contribution < -0.4 is 5.32 Å². The molecule has 1 N–H and O–H groups in total. The molecular weight excluding hydrogens is 282 g/mol. The predicted octanol–water partition coefficient (Wildman–Crippen LogP) is 5.62. The van der Waals surface area contributed by atoms with Gasteiger partial charge >= 0.3 is 0 Å². The number of aryl methyl sites for hydroxylation is 1. The molecule has 126 valence electrons. The molecule has 1 aromatic heterocycles. The van der Waals surface area contributed by atoms with Gasteiger partial charge in [0.05, 0.1) is 11.7 Å². The first-order valence-corrected chi connectivity index (χ1v) is 8.82. The van der Waals surface area contributed by atoms with Gasteiger partial charge in [-0.25, -0.2) is 0 Å². The van der Waals surface area contributed by atoms with Crippen LogP contribution in [-0.2, 0) is 7.05 Å². The lowest BCUT2D eigenvalue weighted by atomic mass is 9.92. The van der Waals surface area contributed by atoms with Crippen LogP contribution in [0.5, 0.6) is 0 Å². The lowest BCUT2D eigenvalue weighted by molar-refractivity contribution is 0.633. The average molecular weight is 313 g/mol. The van der Waals surface area contributed by atoms with Crippen molar-refractivity contribution in [3.63, 3.8) is 0 Å². The van der Waals surface area contributed by atoms with E-state index < -0.39 is 0 Å². The fourth-order valence-electron chi connectivity index (χ4n) is 3.09. The first kappa shape index (κ1) is 17.6. The summed E-state index contributed by atoms with van der Waals surface area (Å²) in [6.45, 7) is 11.3. The van der Waals surface area contributed by atoms with E-state index in [1.54, 1.807) is 0 Å². The maximum atomic E-state index is 4.63. The Kier molecular flexibility index (Phi) is 5.86. The molecule has 0 bridgehead atoms. The van der Waals surface area contributed by atoms with Crippen molar-refractivity contribution in [1.29, 1.82) is 0 Å². The summed E-state index contributed by atoms with van der Waals surface area (Å²) in [5.74, 6) is 1.00. The van der Waals surface area contributed by atoms with E-state index in [2.05, 4.69) is 69.3 Å². The van der Waals surface area contributed by atoms with Crippen molar-refractivity contribution in [3.05, 3.63) is 47.3 Å². The number of para-hydroxylation sites is 1. The van der Waals surface area contributed by atoms with Gasteiger partial charge in [0.2, 0.25) is 0 Å². The predicted molar refractivity (Wildman–Crippen MR) is 99.1 cm³/mol. The molecule has 3 heteroatoms. The number of hydrogen-bond acceptors (Lipinski definition) is 2. The van der Waals surface area contributed by atoms with Crippen LogP contribution in [0.2, 0.25) is 0 Å². The number of nitrogens with zero attached hydrogens (tertiary/aromatic N) is 2. The molecule has 3 nitrogen and oxygen atoms in total. The van der Waals surface area contributed by atoms with Crippen LogP contribution >= 0.6 is 0 Å². The van der Waals surface area contributed by atoms with Crippen LogP contribution in [0.4, 0.5) is 5.69 Å². The molecule has 1 unspecified atom stereocenters. The molecule has 0 amide bonds. The van der Waals surface area contributed by atoms with Gasteiger partial charge in [0, 0.05) is 18.9 Å². The highest BCUT2D eigenvalue weighted by Crippen LogP contribution is 2.35. The third-order valence-corrected chi connectivity index (χ3v) is 4.36. The van der Waals surface area contributed by atoms with Crippen molar-refractivity contribution < 1.29 is 0 Å². The average Bonchev–Trinajstić information content (AvgIpc) is 2.93. The van der Waals surface area contributed by atoms with Crippen LogP contribution in [-0.4, -0.2) is 9.78 Å². The summed E-state index contributed by atoms with van der Waals surface area (Å²) in [6.07, 6.45) is 4.24. The zero-order chi connectivity index (χ0) is 17.0. The Morgan fingerprint density at radius 1 is 1.04 bits per heavy atom. The van der Waals surface area contributed by atoms with Gasteiger partial charge in [-0.05, 0) is 35.4 Å². The van der Waals surface area contributed by atoms with E-state index in [-0.39, 0.29) is 6.04 Å². The molecule has 0 spiro atoms. The Bertz CT molecular complexity index is 599. The van der Waals surface area contributed by atoms with Gasteiger partial charge in [0.15, 0.2) is 0 Å². The largest absolute Gasteiger partial charge is 0.376 e. The third-order valence-electron chi connectivity index (χ3n) is 4.36. The number of rotatable bonds is 7. The fourth-order valence-corrected chi connectivity index (χ4v) is 3.09. The minimum absolute atomic E-state index is 0.263. The van der Waals surface area contributed by atoms with Gasteiger partial charge in [0.1, 0.15) is 0 Å². The van der Waals surface area contributed by atoms with Crippen LogP contribution in [0.3, 0.4) is 0 Å².